The molecular formula is C23H20Cl2N2O4S2. The molecule has 0 aliphatic carbocycles. The number of thioether (sulfide) groups is 1. The SMILES string of the molecule is O=C(CCCCCN1C(=O)/C(=C/c2ccc3c(c2)OCO3)SC1=S)Nc1ccc(Cl)cc1Cl. The van der Waals surface area contributed by atoms with Crippen LogP contribution in [0.5, 0.6) is 11.5 Å². The molecule has 2 aliphatic heterocycles. The van der Waals surface area contributed by atoms with Gasteiger partial charge in [0.1, 0.15) is 4.32 Å². The van der Waals surface area contributed by atoms with Crippen LogP contribution in [0.1, 0.15) is 31.2 Å². The van der Waals surface area contributed by atoms with Gasteiger partial charge in [0.2, 0.25) is 12.7 Å². The molecule has 4 rings (SSSR count). The molecule has 10 heteroatoms. The Labute approximate surface area is 211 Å². The molecule has 2 aliphatic rings. The van der Waals surface area contributed by atoms with E-state index in [2.05, 4.69) is 5.32 Å². The van der Waals surface area contributed by atoms with Gasteiger partial charge in [-0.2, -0.15) is 0 Å². The summed E-state index contributed by atoms with van der Waals surface area (Å²) in [7, 11) is 0. The van der Waals surface area contributed by atoms with Crippen LogP contribution in [-0.4, -0.2) is 34.4 Å². The Balaban J connectivity index is 1.22. The molecule has 6 nitrogen and oxygen atoms in total. The number of carbonyl (C=O) groups excluding carboxylic acids is 2. The topological polar surface area (TPSA) is 67.9 Å². The molecule has 2 heterocycles. The Bertz CT molecular complexity index is 1140. The molecule has 0 bridgehead atoms. The van der Waals surface area contributed by atoms with Gasteiger partial charge < -0.3 is 14.8 Å². The van der Waals surface area contributed by atoms with Gasteiger partial charge >= 0.3 is 0 Å². The van der Waals surface area contributed by atoms with Crippen molar-refractivity contribution < 1.29 is 19.1 Å². The minimum atomic E-state index is -0.114. The van der Waals surface area contributed by atoms with Crippen LogP contribution >= 0.6 is 47.2 Å². The number of carbonyl (C=O) groups is 2. The molecule has 2 aromatic rings. The Morgan fingerprint density at radius 1 is 1.12 bits per heavy atom. The summed E-state index contributed by atoms with van der Waals surface area (Å²) in [5.41, 5.74) is 1.39. The van der Waals surface area contributed by atoms with E-state index in [1.54, 1.807) is 23.1 Å². The largest absolute Gasteiger partial charge is 0.454 e. The molecule has 0 unspecified atom stereocenters. The predicted molar refractivity (Wildman–Crippen MR) is 136 cm³/mol. The number of nitrogens with zero attached hydrogens (tertiary/aromatic N) is 1. The third kappa shape index (κ3) is 6.00. The highest BCUT2D eigenvalue weighted by atomic mass is 35.5. The number of hydrogen-bond acceptors (Lipinski definition) is 6. The van der Waals surface area contributed by atoms with Crippen molar-refractivity contribution >= 4 is 75.1 Å². The van der Waals surface area contributed by atoms with Crippen LogP contribution in [-0.2, 0) is 9.59 Å². The first-order valence-electron chi connectivity index (χ1n) is 10.3. The number of rotatable bonds is 8. The Morgan fingerprint density at radius 2 is 1.94 bits per heavy atom. The van der Waals surface area contributed by atoms with Gasteiger partial charge in [-0.1, -0.05) is 59.7 Å². The Kier molecular flexibility index (Phi) is 7.80. The fraction of sp³-hybridized carbons (Fsp3) is 0.261. The quantitative estimate of drug-likeness (QED) is 0.255. The number of anilines is 1. The summed E-state index contributed by atoms with van der Waals surface area (Å²) in [6.07, 6.45) is 4.41. The second-order valence-electron chi connectivity index (χ2n) is 7.43. The Morgan fingerprint density at radius 3 is 2.76 bits per heavy atom. The van der Waals surface area contributed by atoms with E-state index in [0.29, 0.717) is 55.8 Å². The van der Waals surface area contributed by atoms with Crippen molar-refractivity contribution in [2.24, 2.45) is 0 Å². The lowest BCUT2D eigenvalue weighted by molar-refractivity contribution is -0.122. The number of hydrogen-bond donors (Lipinski definition) is 1. The highest BCUT2D eigenvalue weighted by molar-refractivity contribution is 8.26. The van der Waals surface area contributed by atoms with E-state index in [1.165, 1.54) is 11.8 Å². The first kappa shape index (κ1) is 23.9. The number of benzene rings is 2. The highest BCUT2D eigenvalue weighted by Gasteiger charge is 2.31. The van der Waals surface area contributed by atoms with Crippen molar-refractivity contribution in [1.82, 2.24) is 4.90 Å². The second kappa shape index (κ2) is 10.8. The zero-order valence-electron chi connectivity index (χ0n) is 17.4. The number of ether oxygens (including phenoxy) is 2. The third-order valence-corrected chi connectivity index (χ3v) is 6.98. The molecule has 0 aromatic heterocycles. The van der Waals surface area contributed by atoms with Crippen molar-refractivity contribution in [3.63, 3.8) is 0 Å². The van der Waals surface area contributed by atoms with Crippen LogP contribution in [0.4, 0.5) is 5.69 Å². The summed E-state index contributed by atoms with van der Waals surface area (Å²) in [6.45, 7) is 0.727. The lowest BCUT2D eigenvalue weighted by atomic mass is 10.1. The van der Waals surface area contributed by atoms with Gasteiger partial charge in [-0.25, -0.2) is 0 Å². The van der Waals surface area contributed by atoms with Crippen molar-refractivity contribution in [2.75, 3.05) is 18.7 Å². The fourth-order valence-corrected chi connectivity index (χ4v) is 5.15. The van der Waals surface area contributed by atoms with Crippen molar-refractivity contribution in [2.45, 2.75) is 25.7 Å². The molecule has 1 saturated heterocycles. The maximum Gasteiger partial charge on any atom is 0.266 e. The number of halogens is 2. The van der Waals surface area contributed by atoms with Crippen molar-refractivity contribution in [3.05, 3.63) is 56.9 Å². The monoisotopic (exact) mass is 522 g/mol. The highest BCUT2D eigenvalue weighted by Crippen LogP contribution is 2.36. The van der Waals surface area contributed by atoms with Crippen LogP contribution in [0.15, 0.2) is 41.3 Å². The van der Waals surface area contributed by atoms with Crippen LogP contribution in [0.2, 0.25) is 10.0 Å². The van der Waals surface area contributed by atoms with E-state index in [1.807, 2.05) is 24.3 Å². The Hall–Kier alpha value is -2.26. The van der Waals surface area contributed by atoms with Gasteiger partial charge in [0, 0.05) is 18.0 Å². The maximum absolute atomic E-state index is 12.8. The smallest absolute Gasteiger partial charge is 0.266 e. The van der Waals surface area contributed by atoms with Gasteiger partial charge in [0.15, 0.2) is 11.5 Å². The fourth-order valence-electron chi connectivity index (χ4n) is 3.38. The number of thiocarbonyl (C=S) groups is 1. The molecule has 2 aromatic carbocycles. The standard InChI is InChI=1S/C23H20Cl2N2O4S2/c24-15-6-7-17(16(25)12-15)26-21(28)4-2-1-3-9-27-22(29)20(33-23(27)32)11-14-5-8-18-19(10-14)31-13-30-18/h5-8,10-12H,1-4,9,13H2,(H,26,28)/b20-11-. The average Bonchev–Trinajstić information content (AvgIpc) is 3.34. The summed E-state index contributed by atoms with van der Waals surface area (Å²) >= 11 is 18.6. The van der Waals surface area contributed by atoms with Gasteiger partial charge in [0.25, 0.3) is 5.91 Å². The van der Waals surface area contributed by atoms with Crippen LogP contribution < -0.4 is 14.8 Å². The minimum absolute atomic E-state index is 0.0993. The number of amides is 2. The molecule has 172 valence electrons. The minimum Gasteiger partial charge on any atom is -0.454 e. The van der Waals surface area contributed by atoms with Crippen molar-refractivity contribution in [3.8, 4) is 11.5 Å². The zero-order valence-corrected chi connectivity index (χ0v) is 20.6. The molecule has 1 fully saturated rings. The molecule has 0 atom stereocenters. The second-order valence-corrected chi connectivity index (χ2v) is 9.95. The van der Waals surface area contributed by atoms with Crippen LogP contribution in [0.3, 0.4) is 0 Å². The van der Waals surface area contributed by atoms with E-state index < -0.39 is 0 Å². The summed E-state index contributed by atoms with van der Waals surface area (Å²) in [4.78, 5) is 27.1. The first-order valence-corrected chi connectivity index (χ1v) is 12.3. The van der Waals surface area contributed by atoms with Gasteiger partial charge in [-0.15, -0.1) is 0 Å². The lowest BCUT2D eigenvalue weighted by Crippen LogP contribution is -2.29. The van der Waals surface area contributed by atoms with E-state index in [4.69, 9.17) is 44.9 Å². The lowest BCUT2D eigenvalue weighted by Gasteiger charge is -2.14. The average molecular weight is 523 g/mol. The summed E-state index contributed by atoms with van der Waals surface area (Å²) in [5.74, 6) is 1.15. The zero-order chi connectivity index (χ0) is 23.4. The maximum atomic E-state index is 12.8. The van der Waals surface area contributed by atoms with Crippen molar-refractivity contribution in [1.29, 1.82) is 0 Å². The van der Waals surface area contributed by atoms with E-state index >= 15 is 0 Å². The third-order valence-electron chi connectivity index (χ3n) is 5.06. The van der Waals surface area contributed by atoms with Crippen LogP contribution in [0, 0.1) is 0 Å². The molecule has 0 radical (unpaired) electrons. The summed E-state index contributed by atoms with van der Waals surface area (Å²) < 4.78 is 11.3. The molecule has 0 spiro atoms. The number of nitrogens with one attached hydrogen (secondary N) is 1. The van der Waals surface area contributed by atoms with Crippen LogP contribution in [0.25, 0.3) is 6.08 Å². The molecule has 0 saturated carbocycles. The first-order chi connectivity index (χ1) is 15.9. The molecule has 2 amide bonds. The van der Waals surface area contributed by atoms with Gasteiger partial charge in [-0.05, 0) is 54.8 Å². The van der Waals surface area contributed by atoms with Gasteiger partial charge in [0.05, 0.1) is 15.6 Å². The number of unbranched alkanes of at least 4 members (excludes halogenated alkanes) is 2. The van der Waals surface area contributed by atoms with Gasteiger partial charge in [-0.3, -0.25) is 14.5 Å². The van der Waals surface area contributed by atoms with E-state index in [0.717, 1.165) is 18.4 Å². The normalized spacial score (nSPS) is 16.1. The molecule has 1 N–H and O–H groups in total. The molecule has 33 heavy (non-hydrogen) atoms. The summed E-state index contributed by atoms with van der Waals surface area (Å²) in [5, 5.41) is 3.70. The van der Waals surface area contributed by atoms with E-state index in [-0.39, 0.29) is 18.6 Å². The predicted octanol–water partition coefficient (Wildman–Crippen LogP) is 6.12. The summed E-state index contributed by atoms with van der Waals surface area (Å²) in [6, 6.07) is 10.5. The molecular weight excluding hydrogens is 503 g/mol. The number of fused-ring (bicyclic) bond motifs is 1. The van der Waals surface area contributed by atoms with E-state index in [9.17, 15) is 9.59 Å².